The number of hydrogen-bond donors (Lipinski definition) is 1. The van der Waals surface area contributed by atoms with Crippen LogP contribution in [0.15, 0.2) is 30.3 Å². The summed E-state index contributed by atoms with van der Waals surface area (Å²) in [6.07, 6.45) is 2.88. The van der Waals surface area contributed by atoms with Crippen LogP contribution in [0.5, 0.6) is 0 Å². The molecule has 0 aromatic heterocycles. The van der Waals surface area contributed by atoms with E-state index in [1.54, 1.807) is 0 Å². The van der Waals surface area contributed by atoms with Crippen LogP contribution < -0.4 is 4.90 Å². The fourth-order valence-electron chi connectivity index (χ4n) is 5.29. The van der Waals surface area contributed by atoms with Crippen LogP contribution in [0.4, 0.5) is 19.3 Å². The van der Waals surface area contributed by atoms with E-state index in [1.165, 1.54) is 28.8 Å². The Bertz CT molecular complexity index is 942. The van der Waals surface area contributed by atoms with Crippen LogP contribution in [0.1, 0.15) is 36.3 Å². The normalized spacial score (nSPS) is 23.2. The lowest BCUT2D eigenvalue weighted by molar-refractivity contribution is 0.127. The van der Waals surface area contributed by atoms with Crippen molar-refractivity contribution in [3.05, 3.63) is 53.1 Å². The SMILES string of the molecule is O=C(O)N1CCC2C(C1)c1cc(-c3c(F)cccc3F)cc3c1N2CCCC3. The molecule has 0 saturated carbocycles. The zero-order chi connectivity index (χ0) is 19.4. The van der Waals surface area contributed by atoms with Crippen molar-refractivity contribution in [1.29, 1.82) is 0 Å². The smallest absolute Gasteiger partial charge is 0.407 e. The van der Waals surface area contributed by atoms with Gasteiger partial charge in [0.05, 0.1) is 5.56 Å². The van der Waals surface area contributed by atoms with Gasteiger partial charge in [-0.2, -0.15) is 0 Å². The molecule has 1 saturated heterocycles. The van der Waals surface area contributed by atoms with Crippen molar-refractivity contribution in [3.8, 4) is 11.1 Å². The number of nitrogens with zero attached hydrogens (tertiary/aromatic N) is 2. The van der Waals surface area contributed by atoms with Gasteiger partial charge in [0.25, 0.3) is 0 Å². The number of amides is 1. The summed E-state index contributed by atoms with van der Waals surface area (Å²) >= 11 is 0. The molecule has 2 aromatic rings. The molecule has 28 heavy (non-hydrogen) atoms. The number of carbonyl (C=O) groups is 1. The van der Waals surface area contributed by atoms with E-state index in [4.69, 9.17) is 0 Å². The fraction of sp³-hybridized carbons (Fsp3) is 0.409. The van der Waals surface area contributed by atoms with E-state index in [2.05, 4.69) is 4.90 Å². The van der Waals surface area contributed by atoms with Gasteiger partial charge in [0.1, 0.15) is 11.6 Å². The summed E-state index contributed by atoms with van der Waals surface area (Å²) in [5.74, 6) is -1.09. The van der Waals surface area contributed by atoms with E-state index in [-0.39, 0.29) is 17.5 Å². The van der Waals surface area contributed by atoms with Gasteiger partial charge < -0.3 is 14.9 Å². The topological polar surface area (TPSA) is 43.8 Å². The van der Waals surface area contributed by atoms with Gasteiger partial charge in [0.2, 0.25) is 0 Å². The molecule has 2 atom stereocenters. The molecule has 0 spiro atoms. The number of carboxylic acid groups (broad SMARTS) is 1. The van der Waals surface area contributed by atoms with Crippen LogP contribution in [-0.4, -0.2) is 41.8 Å². The molecule has 6 heteroatoms. The second-order valence-electron chi connectivity index (χ2n) is 8.01. The number of aryl methyl sites for hydroxylation is 1. The van der Waals surface area contributed by atoms with Crippen molar-refractivity contribution >= 4 is 11.8 Å². The number of anilines is 1. The predicted octanol–water partition coefficient (Wildman–Crippen LogP) is 4.62. The molecule has 0 aliphatic carbocycles. The highest BCUT2D eigenvalue weighted by atomic mass is 19.1. The molecule has 5 rings (SSSR count). The molecule has 3 aliphatic rings. The molecule has 4 nitrogen and oxygen atoms in total. The van der Waals surface area contributed by atoms with Crippen molar-refractivity contribution in [2.24, 2.45) is 0 Å². The Balaban J connectivity index is 1.68. The van der Waals surface area contributed by atoms with Gasteiger partial charge in [0, 0.05) is 37.3 Å². The number of hydrogen-bond acceptors (Lipinski definition) is 2. The lowest BCUT2D eigenvalue weighted by Crippen LogP contribution is -2.48. The minimum Gasteiger partial charge on any atom is -0.465 e. The first kappa shape index (κ1) is 17.5. The van der Waals surface area contributed by atoms with Gasteiger partial charge >= 0.3 is 6.09 Å². The Morgan fingerprint density at radius 2 is 1.89 bits per heavy atom. The summed E-state index contributed by atoms with van der Waals surface area (Å²) in [5, 5.41) is 9.46. The zero-order valence-electron chi connectivity index (χ0n) is 15.5. The van der Waals surface area contributed by atoms with Crippen LogP contribution in [-0.2, 0) is 6.42 Å². The van der Waals surface area contributed by atoms with Crippen LogP contribution in [0.2, 0.25) is 0 Å². The molecule has 0 bridgehead atoms. The van der Waals surface area contributed by atoms with Gasteiger partial charge in [-0.3, -0.25) is 0 Å². The van der Waals surface area contributed by atoms with Gasteiger partial charge in [0.15, 0.2) is 0 Å². The van der Waals surface area contributed by atoms with E-state index < -0.39 is 17.7 Å². The highest BCUT2D eigenvalue weighted by Crippen LogP contribution is 2.49. The predicted molar refractivity (Wildman–Crippen MR) is 103 cm³/mol. The van der Waals surface area contributed by atoms with Crippen molar-refractivity contribution < 1.29 is 18.7 Å². The summed E-state index contributed by atoms with van der Waals surface area (Å²) in [4.78, 5) is 15.4. The minimum absolute atomic E-state index is 0.00620. The summed E-state index contributed by atoms with van der Waals surface area (Å²) < 4.78 is 28.9. The highest BCUT2D eigenvalue weighted by molar-refractivity contribution is 5.77. The number of benzene rings is 2. The van der Waals surface area contributed by atoms with Crippen molar-refractivity contribution in [3.63, 3.8) is 0 Å². The average molecular weight is 384 g/mol. The number of fused-ring (bicyclic) bond motifs is 3. The second kappa shape index (κ2) is 6.47. The lowest BCUT2D eigenvalue weighted by Gasteiger charge is -2.37. The van der Waals surface area contributed by atoms with E-state index in [9.17, 15) is 18.7 Å². The Kier molecular flexibility index (Phi) is 4.03. The highest BCUT2D eigenvalue weighted by Gasteiger charge is 2.44. The maximum absolute atomic E-state index is 14.5. The molecule has 1 amide bonds. The van der Waals surface area contributed by atoms with Crippen molar-refractivity contribution in [2.45, 2.75) is 37.6 Å². The molecule has 1 N–H and O–H groups in total. The van der Waals surface area contributed by atoms with Crippen LogP contribution >= 0.6 is 0 Å². The summed E-state index contributed by atoms with van der Waals surface area (Å²) in [6, 6.07) is 8.04. The van der Waals surface area contributed by atoms with Crippen LogP contribution in [0.3, 0.4) is 0 Å². The Labute approximate surface area is 162 Å². The van der Waals surface area contributed by atoms with Crippen molar-refractivity contribution in [2.75, 3.05) is 24.5 Å². The summed E-state index contributed by atoms with van der Waals surface area (Å²) in [7, 11) is 0. The molecule has 2 unspecified atom stereocenters. The molecule has 3 heterocycles. The van der Waals surface area contributed by atoms with E-state index in [0.29, 0.717) is 18.7 Å². The van der Waals surface area contributed by atoms with E-state index in [0.717, 1.165) is 43.4 Å². The average Bonchev–Trinajstić information content (AvgIpc) is 2.82. The van der Waals surface area contributed by atoms with Gasteiger partial charge in [-0.25, -0.2) is 13.6 Å². The first-order valence-corrected chi connectivity index (χ1v) is 9.90. The Morgan fingerprint density at radius 1 is 1.11 bits per heavy atom. The molecule has 0 radical (unpaired) electrons. The number of halogens is 2. The first-order valence-electron chi connectivity index (χ1n) is 9.90. The standard InChI is InChI=1S/C22H22F2N2O2/c23-17-5-3-6-18(24)20(17)14-10-13-4-1-2-8-26-19-7-9-25(22(27)28)12-16(19)15(11-14)21(13)26/h3,5-6,10-11,16,19H,1-2,4,7-9,12H2,(H,27,28). The summed E-state index contributed by atoms with van der Waals surface area (Å²) in [5.41, 5.74) is 3.92. The van der Waals surface area contributed by atoms with E-state index in [1.807, 2.05) is 12.1 Å². The van der Waals surface area contributed by atoms with Gasteiger partial charge in [-0.15, -0.1) is 0 Å². The third kappa shape index (κ3) is 2.58. The minimum atomic E-state index is -0.901. The zero-order valence-corrected chi connectivity index (χ0v) is 15.5. The monoisotopic (exact) mass is 384 g/mol. The molecular formula is C22H22F2N2O2. The fourth-order valence-corrected chi connectivity index (χ4v) is 5.29. The largest absolute Gasteiger partial charge is 0.465 e. The molecule has 2 aromatic carbocycles. The van der Waals surface area contributed by atoms with Crippen LogP contribution in [0, 0.1) is 11.6 Å². The third-order valence-electron chi connectivity index (χ3n) is 6.50. The number of likely N-dealkylation sites (tertiary alicyclic amines) is 1. The summed E-state index contributed by atoms with van der Waals surface area (Å²) in [6.45, 7) is 1.93. The van der Waals surface area contributed by atoms with Crippen molar-refractivity contribution in [1.82, 2.24) is 4.90 Å². The number of piperidine rings is 1. The molecule has 146 valence electrons. The number of rotatable bonds is 1. The second-order valence-corrected chi connectivity index (χ2v) is 8.01. The molecule has 3 aliphatic heterocycles. The maximum Gasteiger partial charge on any atom is 0.407 e. The van der Waals surface area contributed by atoms with Gasteiger partial charge in [-0.05, 0) is 66.6 Å². The third-order valence-corrected chi connectivity index (χ3v) is 6.50. The Hall–Kier alpha value is -2.63. The van der Waals surface area contributed by atoms with E-state index >= 15 is 0 Å². The molecular weight excluding hydrogens is 362 g/mol. The quantitative estimate of drug-likeness (QED) is 0.780. The van der Waals surface area contributed by atoms with Crippen LogP contribution in [0.25, 0.3) is 11.1 Å². The molecule has 1 fully saturated rings. The first-order chi connectivity index (χ1) is 13.5. The lowest BCUT2D eigenvalue weighted by atomic mass is 9.86. The van der Waals surface area contributed by atoms with Gasteiger partial charge in [-0.1, -0.05) is 6.07 Å². The Morgan fingerprint density at radius 3 is 2.64 bits per heavy atom. The maximum atomic E-state index is 14.5.